The quantitative estimate of drug-likeness (QED) is 0.316. The molecule has 0 aliphatic rings. The maximum atomic E-state index is 12.9. The molecule has 2 aromatic carbocycles. The molecule has 0 aliphatic heterocycles. The summed E-state index contributed by atoms with van der Waals surface area (Å²) in [7, 11) is 0. The molecule has 0 spiro atoms. The first-order chi connectivity index (χ1) is 18.1. The van der Waals surface area contributed by atoms with Gasteiger partial charge in [-0.3, -0.25) is 9.59 Å². The first kappa shape index (κ1) is 30.1. The zero-order valence-corrected chi connectivity index (χ0v) is 22.4. The van der Waals surface area contributed by atoms with Gasteiger partial charge >= 0.3 is 12.2 Å². The van der Waals surface area contributed by atoms with E-state index in [4.69, 9.17) is 9.47 Å². The van der Waals surface area contributed by atoms with Crippen molar-refractivity contribution < 1.29 is 28.7 Å². The molecule has 38 heavy (non-hydrogen) atoms. The average Bonchev–Trinajstić information content (AvgIpc) is 2.88. The van der Waals surface area contributed by atoms with Crippen LogP contribution in [-0.4, -0.2) is 48.7 Å². The van der Waals surface area contributed by atoms with Crippen LogP contribution in [0.2, 0.25) is 0 Å². The van der Waals surface area contributed by atoms with Gasteiger partial charge in [0.25, 0.3) is 0 Å². The van der Waals surface area contributed by atoms with E-state index in [1.807, 2.05) is 88.4 Å². The third-order valence-electron chi connectivity index (χ3n) is 5.58. The van der Waals surface area contributed by atoms with Gasteiger partial charge in [0.05, 0.1) is 6.54 Å². The van der Waals surface area contributed by atoms with Gasteiger partial charge in [-0.2, -0.15) is 0 Å². The number of rotatable bonds is 13. The van der Waals surface area contributed by atoms with Crippen LogP contribution in [0.3, 0.4) is 0 Å². The van der Waals surface area contributed by atoms with Crippen LogP contribution in [0, 0.1) is 5.92 Å². The van der Waals surface area contributed by atoms with Crippen LogP contribution in [-0.2, 0) is 32.3 Å². The molecule has 0 saturated carbocycles. The summed E-state index contributed by atoms with van der Waals surface area (Å²) in [6.07, 6.45) is -0.944. The van der Waals surface area contributed by atoms with Gasteiger partial charge in [-0.05, 0) is 37.3 Å². The van der Waals surface area contributed by atoms with E-state index in [-0.39, 0.29) is 44.0 Å². The first-order valence-electron chi connectivity index (χ1n) is 12.6. The van der Waals surface area contributed by atoms with Gasteiger partial charge in [0, 0.05) is 12.1 Å². The molecule has 0 aliphatic carbocycles. The van der Waals surface area contributed by atoms with Crippen molar-refractivity contribution in [1.82, 2.24) is 21.3 Å². The highest BCUT2D eigenvalue weighted by atomic mass is 16.6. The normalized spacial score (nSPS) is 11.7. The maximum absolute atomic E-state index is 12.9. The predicted molar refractivity (Wildman–Crippen MR) is 143 cm³/mol. The summed E-state index contributed by atoms with van der Waals surface area (Å²) in [5.41, 5.74) is 1.01. The molecule has 0 aromatic heterocycles. The van der Waals surface area contributed by atoms with Crippen LogP contribution in [0.15, 0.2) is 60.7 Å². The Bertz CT molecular complexity index is 1040. The van der Waals surface area contributed by atoms with Crippen LogP contribution in [0.5, 0.6) is 0 Å². The Morgan fingerprint density at radius 1 is 0.789 bits per heavy atom. The van der Waals surface area contributed by atoms with E-state index >= 15 is 0 Å². The van der Waals surface area contributed by atoms with Crippen molar-refractivity contribution in [2.24, 2.45) is 5.92 Å². The van der Waals surface area contributed by atoms with Gasteiger partial charge in [0.2, 0.25) is 11.8 Å². The second-order valence-corrected chi connectivity index (χ2v) is 9.82. The fraction of sp³-hybridized carbons (Fsp3) is 0.429. The second-order valence-electron chi connectivity index (χ2n) is 9.82. The molecule has 0 saturated heterocycles. The number of carbonyl (C=O) groups is 4. The van der Waals surface area contributed by atoms with E-state index in [0.717, 1.165) is 11.1 Å². The smallest absolute Gasteiger partial charge is 0.408 e. The van der Waals surface area contributed by atoms with Gasteiger partial charge in [0.1, 0.15) is 19.3 Å². The van der Waals surface area contributed by atoms with Crippen molar-refractivity contribution in [3.8, 4) is 0 Å². The number of alkyl carbamates (subject to hydrolysis) is 2. The number of amides is 4. The molecule has 2 rings (SSSR count). The summed E-state index contributed by atoms with van der Waals surface area (Å²) in [4.78, 5) is 49.1. The van der Waals surface area contributed by atoms with E-state index < -0.39 is 23.8 Å². The van der Waals surface area contributed by atoms with E-state index in [2.05, 4.69) is 21.3 Å². The first-order valence-corrected chi connectivity index (χ1v) is 12.6. The highest BCUT2D eigenvalue weighted by Gasteiger charge is 2.29. The zero-order chi connectivity index (χ0) is 28.0. The van der Waals surface area contributed by atoms with Gasteiger partial charge in [-0.15, -0.1) is 0 Å². The minimum atomic E-state index is -0.793. The van der Waals surface area contributed by atoms with E-state index in [1.165, 1.54) is 0 Å². The van der Waals surface area contributed by atoms with E-state index in [0.29, 0.717) is 6.42 Å². The Kier molecular flexibility index (Phi) is 12.1. The summed E-state index contributed by atoms with van der Waals surface area (Å²) >= 11 is 0. The fourth-order valence-electron chi connectivity index (χ4n) is 3.40. The van der Waals surface area contributed by atoms with Crippen LogP contribution in [0.4, 0.5) is 9.59 Å². The van der Waals surface area contributed by atoms with Crippen molar-refractivity contribution in [1.29, 1.82) is 0 Å². The Morgan fingerprint density at radius 2 is 1.32 bits per heavy atom. The number of ether oxygens (including phenoxy) is 2. The second kappa shape index (κ2) is 15.2. The Morgan fingerprint density at radius 3 is 1.84 bits per heavy atom. The maximum Gasteiger partial charge on any atom is 0.408 e. The highest BCUT2D eigenvalue weighted by molar-refractivity contribution is 5.86. The Hall–Kier alpha value is -4.08. The number of hydrogen-bond donors (Lipinski definition) is 4. The molecular formula is C28H38N4O6. The Labute approximate surface area is 223 Å². The zero-order valence-electron chi connectivity index (χ0n) is 22.4. The molecule has 10 nitrogen and oxygen atoms in total. The molecule has 4 N–H and O–H groups in total. The minimum Gasteiger partial charge on any atom is -0.445 e. The monoisotopic (exact) mass is 526 g/mol. The molecule has 2 aromatic rings. The lowest BCUT2D eigenvalue weighted by molar-refractivity contribution is -0.125. The van der Waals surface area contributed by atoms with Crippen LogP contribution in [0.1, 0.15) is 45.2 Å². The fourth-order valence-corrected chi connectivity index (χ4v) is 3.40. The minimum absolute atomic E-state index is 0.101. The molecule has 4 amide bonds. The molecule has 1 unspecified atom stereocenters. The molecule has 1 atom stereocenters. The molecule has 10 heteroatoms. The van der Waals surface area contributed by atoms with E-state index in [1.54, 1.807) is 0 Å². The topological polar surface area (TPSA) is 135 Å². The van der Waals surface area contributed by atoms with Gasteiger partial charge in [-0.1, -0.05) is 74.5 Å². The molecule has 0 fully saturated rings. The van der Waals surface area contributed by atoms with Crippen molar-refractivity contribution >= 4 is 24.0 Å². The van der Waals surface area contributed by atoms with Crippen molar-refractivity contribution in [2.75, 3.05) is 13.1 Å². The number of carbonyl (C=O) groups excluding carboxylic acids is 4. The van der Waals surface area contributed by atoms with Crippen LogP contribution < -0.4 is 21.3 Å². The lowest BCUT2D eigenvalue weighted by atomic mass is 9.97. The van der Waals surface area contributed by atoms with Crippen molar-refractivity contribution in [3.05, 3.63) is 71.8 Å². The summed E-state index contributed by atoms with van der Waals surface area (Å²) in [5, 5.41) is 10.7. The standard InChI is InChI=1S/C28H38N4O6/c1-20(2)24(31-27(36)38-19-22-13-9-6-10-14-22)25(34)32-28(3,4)15-16-29-23(33)17-30-26(35)37-18-21-11-7-5-8-12-21/h5-14,20,24H,15-19H2,1-4H3,(H,29,33)(H,30,35)(H,31,36)(H,32,34). The summed E-state index contributed by atoms with van der Waals surface area (Å²) in [5.74, 6) is -0.912. The molecule has 0 radical (unpaired) electrons. The third kappa shape index (κ3) is 11.8. The third-order valence-corrected chi connectivity index (χ3v) is 5.58. The highest BCUT2D eigenvalue weighted by Crippen LogP contribution is 2.11. The van der Waals surface area contributed by atoms with Crippen LogP contribution in [0.25, 0.3) is 0 Å². The van der Waals surface area contributed by atoms with Crippen LogP contribution >= 0.6 is 0 Å². The van der Waals surface area contributed by atoms with Crippen molar-refractivity contribution in [2.45, 2.75) is 58.9 Å². The number of hydrogen-bond acceptors (Lipinski definition) is 6. The summed E-state index contributed by atoms with van der Waals surface area (Å²) in [6, 6.07) is 17.7. The predicted octanol–water partition coefficient (Wildman–Crippen LogP) is 3.26. The summed E-state index contributed by atoms with van der Waals surface area (Å²) in [6.45, 7) is 7.54. The number of nitrogens with one attached hydrogen (secondary N) is 4. The lowest BCUT2D eigenvalue weighted by Crippen LogP contribution is -2.55. The van der Waals surface area contributed by atoms with Gasteiger partial charge < -0.3 is 30.7 Å². The molecule has 0 bridgehead atoms. The van der Waals surface area contributed by atoms with Gasteiger partial charge in [-0.25, -0.2) is 9.59 Å². The Balaban J connectivity index is 1.69. The molecule has 206 valence electrons. The van der Waals surface area contributed by atoms with Gasteiger partial charge in [0.15, 0.2) is 0 Å². The average molecular weight is 527 g/mol. The SMILES string of the molecule is CC(C)C(NC(=O)OCc1ccccc1)C(=O)NC(C)(C)CCNC(=O)CNC(=O)OCc1ccccc1. The van der Waals surface area contributed by atoms with Crippen molar-refractivity contribution in [3.63, 3.8) is 0 Å². The molecular weight excluding hydrogens is 488 g/mol. The number of benzene rings is 2. The summed E-state index contributed by atoms with van der Waals surface area (Å²) < 4.78 is 10.3. The lowest BCUT2D eigenvalue weighted by Gasteiger charge is -2.30. The molecule has 0 heterocycles. The largest absolute Gasteiger partial charge is 0.445 e. The van der Waals surface area contributed by atoms with E-state index in [9.17, 15) is 19.2 Å².